The van der Waals surface area contributed by atoms with E-state index in [9.17, 15) is 4.79 Å². The molecule has 1 aromatic heterocycles. The first-order valence-electron chi connectivity index (χ1n) is 7.62. The standard InChI is InChI=1S/C15H22BrN3O/c1-3-19-14(13(16)8-17-19)15(20)18-9(2)12-7-10-4-5-11(12)6-10/h8-12H,3-7H2,1-2H3,(H,18,20)/t9-,10+,11+,12+/m1/s1. The van der Waals surface area contributed by atoms with Gasteiger partial charge in [-0.3, -0.25) is 9.48 Å². The summed E-state index contributed by atoms with van der Waals surface area (Å²) in [6, 6.07) is 0.255. The Labute approximate surface area is 128 Å². The average molecular weight is 340 g/mol. The number of hydrogen-bond acceptors (Lipinski definition) is 2. The van der Waals surface area contributed by atoms with E-state index in [1.807, 2.05) is 6.92 Å². The topological polar surface area (TPSA) is 46.9 Å². The summed E-state index contributed by atoms with van der Waals surface area (Å²) in [5.74, 6) is 2.40. The average Bonchev–Trinajstić information content (AvgIpc) is 3.12. The van der Waals surface area contributed by atoms with Gasteiger partial charge in [0.2, 0.25) is 0 Å². The molecule has 0 spiro atoms. The number of fused-ring (bicyclic) bond motifs is 2. The van der Waals surface area contributed by atoms with Crippen LogP contribution in [0, 0.1) is 17.8 Å². The van der Waals surface area contributed by atoms with Crippen LogP contribution in [0.1, 0.15) is 50.0 Å². The number of halogens is 1. The predicted molar refractivity (Wildman–Crippen MR) is 81.5 cm³/mol. The van der Waals surface area contributed by atoms with E-state index in [2.05, 4.69) is 33.3 Å². The Hall–Kier alpha value is -0.840. The van der Waals surface area contributed by atoms with Crippen molar-refractivity contribution in [2.75, 3.05) is 0 Å². The molecule has 2 fully saturated rings. The smallest absolute Gasteiger partial charge is 0.270 e. The number of aryl methyl sites for hydroxylation is 1. The van der Waals surface area contributed by atoms with E-state index in [1.54, 1.807) is 10.9 Å². The lowest BCUT2D eigenvalue weighted by Gasteiger charge is -2.28. The minimum atomic E-state index is -0.00787. The van der Waals surface area contributed by atoms with E-state index < -0.39 is 0 Å². The fraction of sp³-hybridized carbons (Fsp3) is 0.733. The first kappa shape index (κ1) is 14.1. The molecular formula is C15H22BrN3O. The molecule has 4 atom stereocenters. The normalized spacial score (nSPS) is 29.6. The molecule has 0 aromatic carbocycles. The van der Waals surface area contributed by atoms with Crippen LogP contribution in [0.2, 0.25) is 0 Å². The third kappa shape index (κ3) is 2.41. The van der Waals surface area contributed by atoms with Crippen molar-refractivity contribution < 1.29 is 4.79 Å². The Morgan fingerprint density at radius 2 is 2.35 bits per heavy atom. The minimum Gasteiger partial charge on any atom is -0.348 e. The molecule has 0 unspecified atom stereocenters. The highest BCUT2D eigenvalue weighted by Crippen LogP contribution is 2.49. The van der Waals surface area contributed by atoms with Crippen LogP contribution in [0.25, 0.3) is 0 Å². The van der Waals surface area contributed by atoms with Gasteiger partial charge in [0.1, 0.15) is 5.69 Å². The van der Waals surface area contributed by atoms with Crippen LogP contribution >= 0.6 is 15.9 Å². The second-order valence-corrected chi connectivity index (χ2v) is 7.11. The molecule has 0 saturated heterocycles. The van der Waals surface area contributed by atoms with Crippen LogP contribution in [-0.4, -0.2) is 21.7 Å². The van der Waals surface area contributed by atoms with Gasteiger partial charge in [-0.25, -0.2) is 0 Å². The third-order valence-electron chi connectivity index (χ3n) is 5.10. The number of carbonyl (C=O) groups is 1. The Bertz CT molecular complexity index is 513. The van der Waals surface area contributed by atoms with Crippen LogP contribution in [0.15, 0.2) is 10.7 Å². The molecule has 2 aliphatic carbocycles. The molecule has 3 rings (SSSR count). The first-order chi connectivity index (χ1) is 9.60. The molecule has 4 nitrogen and oxygen atoms in total. The largest absolute Gasteiger partial charge is 0.348 e. The highest BCUT2D eigenvalue weighted by atomic mass is 79.9. The van der Waals surface area contributed by atoms with Gasteiger partial charge in [0.15, 0.2) is 0 Å². The Morgan fingerprint density at radius 3 is 2.95 bits per heavy atom. The minimum absolute atomic E-state index is 0.00787. The molecule has 110 valence electrons. The molecular weight excluding hydrogens is 318 g/mol. The van der Waals surface area contributed by atoms with Gasteiger partial charge in [0.05, 0.1) is 10.7 Å². The van der Waals surface area contributed by atoms with Crippen molar-refractivity contribution in [1.29, 1.82) is 0 Å². The SMILES string of the molecule is CCn1ncc(Br)c1C(=O)N[C@H](C)[C@@H]1C[C@H]2CC[C@H]1C2. The number of nitrogens with zero attached hydrogens (tertiary/aromatic N) is 2. The highest BCUT2D eigenvalue weighted by molar-refractivity contribution is 9.10. The molecule has 0 aliphatic heterocycles. The van der Waals surface area contributed by atoms with E-state index in [0.717, 1.165) is 16.3 Å². The van der Waals surface area contributed by atoms with Crippen molar-refractivity contribution in [3.63, 3.8) is 0 Å². The molecule has 20 heavy (non-hydrogen) atoms. The molecule has 0 radical (unpaired) electrons. The summed E-state index contributed by atoms with van der Waals surface area (Å²) in [4.78, 5) is 12.5. The summed E-state index contributed by atoms with van der Waals surface area (Å²) in [6.45, 7) is 4.86. The number of nitrogens with one attached hydrogen (secondary N) is 1. The zero-order valence-corrected chi connectivity index (χ0v) is 13.7. The van der Waals surface area contributed by atoms with E-state index >= 15 is 0 Å². The van der Waals surface area contributed by atoms with Gasteiger partial charge in [-0.2, -0.15) is 5.10 Å². The molecule has 1 amide bonds. The zero-order valence-electron chi connectivity index (χ0n) is 12.1. The van der Waals surface area contributed by atoms with E-state index in [0.29, 0.717) is 18.2 Å². The van der Waals surface area contributed by atoms with Gasteiger partial charge in [0.25, 0.3) is 5.91 Å². The molecule has 5 heteroatoms. The van der Waals surface area contributed by atoms with E-state index in [-0.39, 0.29) is 11.9 Å². The van der Waals surface area contributed by atoms with Gasteiger partial charge in [0, 0.05) is 12.6 Å². The fourth-order valence-electron chi connectivity index (χ4n) is 4.12. The molecule has 2 aliphatic rings. The van der Waals surface area contributed by atoms with Crippen molar-refractivity contribution in [2.24, 2.45) is 17.8 Å². The quantitative estimate of drug-likeness (QED) is 0.915. The number of aromatic nitrogens is 2. The summed E-state index contributed by atoms with van der Waals surface area (Å²) < 4.78 is 2.52. The van der Waals surface area contributed by atoms with Crippen LogP contribution in [-0.2, 0) is 6.54 Å². The Balaban J connectivity index is 1.68. The van der Waals surface area contributed by atoms with Crippen molar-refractivity contribution in [3.05, 3.63) is 16.4 Å². The number of carbonyl (C=O) groups excluding carboxylic acids is 1. The summed E-state index contributed by atoms with van der Waals surface area (Å²) in [5.41, 5.74) is 0.641. The zero-order chi connectivity index (χ0) is 14.3. The van der Waals surface area contributed by atoms with E-state index in [1.165, 1.54) is 25.7 Å². The molecule has 1 heterocycles. The van der Waals surface area contributed by atoms with E-state index in [4.69, 9.17) is 0 Å². The highest BCUT2D eigenvalue weighted by Gasteiger charge is 2.42. The summed E-state index contributed by atoms with van der Waals surface area (Å²) >= 11 is 3.42. The third-order valence-corrected chi connectivity index (χ3v) is 5.68. The molecule has 2 bridgehead atoms. The lowest BCUT2D eigenvalue weighted by molar-refractivity contribution is 0.0903. The maximum Gasteiger partial charge on any atom is 0.270 e. The molecule has 2 saturated carbocycles. The summed E-state index contributed by atoms with van der Waals surface area (Å²) in [6.07, 6.45) is 7.12. The number of amides is 1. The van der Waals surface area contributed by atoms with Crippen LogP contribution < -0.4 is 5.32 Å². The number of rotatable bonds is 4. The van der Waals surface area contributed by atoms with Gasteiger partial charge in [-0.1, -0.05) is 6.42 Å². The Kier molecular flexibility index (Phi) is 3.89. The van der Waals surface area contributed by atoms with Gasteiger partial charge in [-0.05, 0) is 66.8 Å². The van der Waals surface area contributed by atoms with Crippen molar-refractivity contribution in [2.45, 2.75) is 52.1 Å². The summed E-state index contributed by atoms with van der Waals surface area (Å²) in [5, 5.41) is 7.40. The predicted octanol–water partition coefficient (Wildman–Crippen LogP) is 3.22. The second kappa shape index (κ2) is 5.51. The van der Waals surface area contributed by atoms with Gasteiger partial charge >= 0.3 is 0 Å². The maximum atomic E-state index is 12.5. The first-order valence-corrected chi connectivity index (χ1v) is 8.41. The van der Waals surface area contributed by atoms with Gasteiger partial charge in [-0.15, -0.1) is 0 Å². The lowest BCUT2D eigenvalue weighted by Crippen LogP contribution is -2.41. The lowest BCUT2D eigenvalue weighted by atomic mass is 9.84. The Morgan fingerprint density at radius 1 is 1.55 bits per heavy atom. The van der Waals surface area contributed by atoms with Crippen molar-refractivity contribution in [1.82, 2.24) is 15.1 Å². The fourth-order valence-corrected chi connectivity index (χ4v) is 4.59. The van der Waals surface area contributed by atoms with Crippen LogP contribution in [0.4, 0.5) is 0 Å². The molecule has 1 aromatic rings. The van der Waals surface area contributed by atoms with Gasteiger partial charge < -0.3 is 5.32 Å². The van der Waals surface area contributed by atoms with Crippen LogP contribution in [0.5, 0.6) is 0 Å². The second-order valence-electron chi connectivity index (χ2n) is 6.26. The molecule has 1 N–H and O–H groups in total. The monoisotopic (exact) mass is 339 g/mol. The maximum absolute atomic E-state index is 12.5. The van der Waals surface area contributed by atoms with Crippen LogP contribution in [0.3, 0.4) is 0 Å². The summed E-state index contributed by atoms with van der Waals surface area (Å²) in [7, 11) is 0. The number of hydrogen-bond donors (Lipinski definition) is 1. The van der Waals surface area contributed by atoms with Crippen molar-refractivity contribution in [3.8, 4) is 0 Å². The van der Waals surface area contributed by atoms with Crippen molar-refractivity contribution >= 4 is 21.8 Å².